The summed E-state index contributed by atoms with van der Waals surface area (Å²) in [7, 11) is -16.3. The van der Waals surface area contributed by atoms with Crippen molar-refractivity contribution in [3.63, 3.8) is 0 Å². The molecule has 26 nitrogen and oxygen atoms in total. The number of carbonyl (C=O) groups is 3. The van der Waals surface area contributed by atoms with Crippen LogP contribution in [0.2, 0.25) is 0 Å². The summed E-state index contributed by atoms with van der Waals surface area (Å²) in [5, 5.41) is 43.6. The number of nitrogens with two attached hydrogens (primary N) is 1. The molecule has 8 atom stereocenters. The van der Waals surface area contributed by atoms with E-state index in [4.69, 9.17) is 24.6 Å². The summed E-state index contributed by atoms with van der Waals surface area (Å²) < 4.78 is 61.7. The van der Waals surface area contributed by atoms with Crippen LogP contribution in [0.25, 0.3) is 11.2 Å². The molecule has 0 saturated carbocycles. The number of phosphoric acid groups is 3. The molecule has 12 N–H and O–H groups in total. The molecule has 1 saturated heterocycles. The first kappa shape index (κ1) is 54.5. The first-order valence-corrected chi connectivity index (χ1v) is 23.9. The second kappa shape index (κ2) is 25.0. The molecule has 1 aliphatic rings. The standard InChI is InChI=1S/C21H36N7O16P3S.C10H20O3/c1-21(2,16(31)19(32)24-4-3-12(29)23-5-6-48)8-41-47(38,39)44-46(36,37)40-7-11-15(43-45(33,34)35)14(30)20(42-11)28-10-27-13-17(22)25-9-26-18(13)28;1-2-3-4-5-6-7-9(11)8-10(12)13/h9-11,14-16,20,30-31,48H,3-8H2,1-2H3,(H,23,29)(H,24,32)(H,36,37)(H,38,39)(H2,22,25,26)(H2,33,34,35);9,11H,2-8H2,1H3,(H,12,13)/t11-,14-,15-,16+,20-;/m1./s1. The number of aliphatic hydroxyl groups excluding tert-OH is 3. The molecule has 0 aliphatic carbocycles. The predicted molar refractivity (Wildman–Crippen MR) is 215 cm³/mol. The number of hydrogen-bond donors (Lipinski definition) is 12. The van der Waals surface area contributed by atoms with Crippen molar-refractivity contribution in [3.8, 4) is 0 Å². The van der Waals surface area contributed by atoms with Crippen LogP contribution in [0.15, 0.2) is 12.7 Å². The van der Waals surface area contributed by atoms with Crippen LogP contribution in [0.5, 0.6) is 0 Å². The maximum absolute atomic E-state index is 12.6. The van der Waals surface area contributed by atoms with Gasteiger partial charge in [-0.1, -0.05) is 52.9 Å². The maximum Gasteiger partial charge on any atom is 0.481 e. The fourth-order valence-corrected chi connectivity index (χ4v) is 8.36. The number of carboxylic acid groups (broad SMARTS) is 1. The summed E-state index contributed by atoms with van der Waals surface area (Å²) in [5.74, 6) is -1.86. The van der Waals surface area contributed by atoms with Crippen molar-refractivity contribution in [2.45, 2.75) is 109 Å². The lowest BCUT2D eigenvalue weighted by atomic mass is 9.87. The number of unbranched alkanes of at least 4 members (excludes halogenated alkanes) is 4. The van der Waals surface area contributed by atoms with Gasteiger partial charge in [-0.15, -0.1) is 0 Å². The summed E-state index contributed by atoms with van der Waals surface area (Å²) in [5.41, 5.74) is 4.30. The molecule has 1 aliphatic heterocycles. The zero-order valence-corrected chi connectivity index (χ0v) is 37.1. The minimum absolute atomic E-state index is 0.0363. The summed E-state index contributed by atoms with van der Waals surface area (Å²) in [6, 6.07) is 0. The third-order valence-corrected chi connectivity index (χ3v) is 11.9. The van der Waals surface area contributed by atoms with Crippen molar-refractivity contribution in [1.29, 1.82) is 0 Å². The number of thiol groups is 1. The number of ether oxygens (including phenoxy) is 1. The number of fused-ring (bicyclic) bond motifs is 1. The highest BCUT2D eigenvalue weighted by molar-refractivity contribution is 7.80. The fraction of sp³-hybridized carbons (Fsp3) is 0.742. The number of nitrogens with zero attached hydrogens (tertiary/aromatic N) is 4. The first-order chi connectivity index (χ1) is 28.3. The van der Waals surface area contributed by atoms with Crippen LogP contribution in [0.3, 0.4) is 0 Å². The van der Waals surface area contributed by atoms with Crippen molar-refractivity contribution in [2.24, 2.45) is 5.41 Å². The number of nitrogens with one attached hydrogen (secondary N) is 2. The van der Waals surface area contributed by atoms with E-state index in [0.717, 1.165) is 30.1 Å². The molecule has 61 heavy (non-hydrogen) atoms. The van der Waals surface area contributed by atoms with Gasteiger partial charge < -0.3 is 61.1 Å². The number of aromatic nitrogens is 4. The van der Waals surface area contributed by atoms with Crippen molar-refractivity contribution >= 4 is 70.9 Å². The lowest BCUT2D eigenvalue weighted by molar-refractivity contribution is -0.139. The normalized spacial score (nSPS) is 21.1. The van der Waals surface area contributed by atoms with Crippen LogP contribution in [-0.4, -0.2) is 140 Å². The number of aliphatic carboxylic acids is 1. The predicted octanol–water partition coefficient (Wildman–Crippen LogP) is 0.517. The van der Waals surface area contributed by atoms with Crippen LogP contribution in [-0.2, 0) is 50.7 Å². The van der Waals surface area contributed by atoms with Gasteiger partial charge in [-0.05, 0) is 6.42 Å². The molecule has 3 rings (SSSR count). The Morgan fingerprint density at radius 1 is 1.00 bits per heavy atom. The van der Waals surface area contributed by atoms with Crippen LogP contribution < -0.4 is 16.4 Å². The molecule has 2 amide bonds. The van der Waals surface area contributed by atoms with Gasteiger partial charge in [-0.2, -0.15) is 16.9 Å². The molecule has 2 aromatic rings. The van der Waals surface area contributed by atoms with Gasteiger partial charge >= 0.3 is 29.4 Å². The van der Waals surface area contributed by atoms with E-state index in [9.17, 15) is 63.0 Å². The number of carboxylic acids is 1. The van der Waals surface area contributed by atoms with Gasteiger partial charge in [0.2, 0.25) is 11.8 Å². The number of aliphatic hydroxyl groups is 3. The summed E-state index contributed by atoms with van der Waals surface area (Å²) in [6.45, 7) is 2.88. The highest BCUT2D eigenvalue weighted by Crippen LogP contribution is 2.61. The number of anilines is 1. The molecule has 3 heterocycles. The summed E-state index contributed by atoms with van der Waals surface area (Å²) in [4.78, 5) is 84.8. The highest BCUT2D eigenvalue weighted by Gasteiger charge is 2.50. The molecule has 0 radical (unpaired) electrons. The van der Waals surface area contributed by atoms with Gasteiger partial charge in [0.05, 0.1) is 32.1 Å². The van der Waals surface area contributed by atoms with E-state index >= 15 is 0 Å². The van der Waals surface area contributed by atoms with Crippen molar-refractivity contribution in [3.05, 3.63) is 12.7 Å². The molecular weight excluding hydrogens is 899 g/mol. The SMILES string of the molecule is CC(C)(COP(=O)(O)OP(=O)(O)OC[C@H]1O[C@@H](n2cnc3c(N)ncnc32)[C@H](O)[C@@H]1OP(=O)(O)O)[C@@H](O)C(=O)NCCC(=O)NCCS.CCCCCCCC(O)CC(=O)O. The van der Waals surface area contributed by atoms with Gasteiger partial charge in [0, 0.05) is 30.7 Å². The summed E-state index contributed by atoms with van der Waals surface area (Å²) in [6.07, 6.45) is -1.22. The topological polar surface area (TPSA) is 404 Å². The average Bonchev–Trinajstić information content (AvgIpc) is 3.71. The van der Waals surface area contributed by atoms with E-state index in [1.54, 1.807) is 0 Å². The molecule has 2 aromatic heterocycles. The molecule has 3 unspecified atom stereocenters. The second-order valence-electron chi connectivity index (χ2n) is 14.2. The van der Waals surface area contributed by atoms with Crippen LogP contribution >= 0.6 is 36.1 Å². The van der Waals surface area contributed by atoms with Gasteiger partial charge in [0.15, 0.2) is 17.7 Å². The quantitative estimate of drug-likeness (QED) is 0.0347. The average molecular weight is 956 g/mol. The molecular formula is C31H56N7O19P3S. The van der Waals surface area contributed by atoms with Crippen LogP contribution in [0, 0.1) is 5.41 Å². The maximum atomic E-state index is 12.6. The number of nitrogen functional groups attached to an aromatic ring is 1. The van der Waals surface area contributed by atoms with E-state index in [-0.39, 0.29) is 42.3 Å². The Bertz CT molecular complexity index is 1870. The lowest BCUT2D eigenvalue weighted by Gasteiger charge is -2.30. The number of phosphoric ester groups is 3. The van der Waals surface area contributed by atoms with Crippen molar-refractivity contribution in [1.82, 2.24) is 30.2 Å². The molecule has 1 fully saturated rings. The number of rotatable bonds is 26. The minimum Gasteiger partial charge on any atom is -0.481 e. The monoisotopic (exact) mass is 955 g/mol. The fourth-order valence-electron chi connectivity index (χ4n) is 5.42. The minimum atomic E-state index is -5.54. The lowest BCUT2D eigenvalue weighted by Crippen LogP contribution is -2.46. The van der Waals surface area contributed by atoms with Gasteiger partial charge in [-0.25, -0.2) is 28.6 Å². The van der Waals surface area contributed by atoms with E-state index in [1.807, 2.05) is 0 Å². The smallest absolute Gasteiger partial charge is 0.481 e. The molecule has 0 aromatic carbocycles. The Hall–Kier alpha value is -2.68. The Labute approximate surface area is 355 Å². The second-order valence-corrected chi connectivity index (χ2v) is 18.9. The highest BCUT2D eigenvalue weighted by atomic mass is 32.1. The van der Waals surface area contributed by atoms with Crippen molar-refractivity contribution < 1.29 is 90.7 Å². The largest absolute Gasteiger partial charge is 0.481 e. The molecule has 0 bridgehead atoms. The van der Waals surface area contributed by atoms with Crippen molar-refractivity contribution in [2.75, 3.05) is 37.8 Å². The van der Waals surface area contributed by atoms with Gasteiger partial charge in [0.1, 0.15) is 36.3 Å². The third-order valence-electron chi connectivity index (χ3n) is 8.56. The third kappa shape index (κ3) is 19.3. The zero-order chi connectivity index (χ0) is 46.2. The zero-order valence-electron chi connectivity index (χ0n) is 33.5. The van der Waals surface area contributed by atoms with E-state index < -0.39 is 90.7 Å². The Morgan fingerprint density at radius 2 is 1.66 bits per heavy atom. The number of amides is 2. The number of hydrogen-bond acceptors (Lipinski definition) is 19. The van der Waals surface area contributed by atoms with E-state index in [0.29, 0.717) is 18.7 Å². The Kier molecular flexibility index (Phi) is 22.3. The van der Waals surface area contributed by atoms with E-state index in [2.05, 4.69) is 54.0 Å². The molecule has 0 spiro atoms. The Balaban J connectivity index is 0.000000847. The van der Waals surface area contributed by atoms with Crippen LogP contribution in [0.1, 0.15) is 78.4 Å². The molecule has 350 valence electrons. The van der Waals surface area contributed by atoms with E-state index in [1.165, 1.54) is 33.1 Å². The Morgan fingerprint density at radius 3 is 2.28 bits per heavy atom. The van der Waals surface area contributed by atoms with Crippen LogP contribution in [0.4, 0.5) is 5.82 Å². The summed E-state index contributed by atoms with van der Waals surface area (Å²) >= 11 is 3.95. The number of imidazole rings is 1. The van der Waals surface area contributed by atoms with Gasteiger partial charge in [-0.3, -0.25) is 32.5 Å². The number of carbonyl (C=O) groups excluding carboxylic acids is 2. The molecule has 30 heteroatoms. The van der Waals surface area contributed by atoms with Gasteiger partial charge in [0.25, 0.3) is 0 Å². The first-order valence-electron chi connectivity index (χ1n) is 18.7.